The van der Waals surface area contributed by atoms with Crippen molar-refractivity contribution < 1.29 is 9.90 Å². The van der Waals surface area contributed by atoms with Crippen molar-refractivity contribution in [2.75, 3.05) is 18.0 Å². The van der Waals surface area contributed by atoms with Crippen molar-refractivity contribution in [1.29, 1.82) is 0 Å². The minimum absolute atomic E-state index is 0.0181. The fraction of sp³-hybridized carbons (Fsp3) is 0.444. The highest BCUT2D eigenvalue weighted by molar-refractivity contribution is 6.31. The van der Waals surface area contributed by atoms with Gasteiger partial charge in [-0.15, -0.1) is 0 Å². The topological polar surface area (TPSA) is 58.4 Å². The first-order chi connectivity index (χ1) is 11.6. The highest BCUT2D eigenvalue weighted by Crippen LogP contribution is 2.51. The van der Waals surface area contributed by atoms with E-state index in [-0.39, 0.29) is 12.0 Å². The Balaban J connectivity index is 1.76. The number of anilines is 1. The Morgan fingerprint density at radius 3 is 2.71 bits per heavy atom. The summed E-state index contributed by atoms with van der Waals surface area (Å²) in [6, 6.07) is 10.1. The van der Waals surface area contributed by atoms with E-state index in [0.29, 0.717) is 0 Å². The summed E-state index contributed by atoms with van der Waals surface area (Å²) >= 11 is 6.47. The van der Waals surface area contributed by atoms with Crippen LogP contribution in [0.3, 0.4) is 0 Å². The van der Waals surface area contributed by atoms with E-state index in [0.717, 1.165) is 60.9 Å². The quantitative estimate of drug-likeness (QED) is 0.923. The zero-order chi connectivity index (χ0) is 16.7. The zero-order valence-corrected chi connectivity index (χ0v) is 14.2. The number of aryl methyl sites for hydroxylation is 1. The van der Waals surface area contributed by atoms with Gasteiger partial charge in [-0.2, -0.15) is 5.10 Å². The van der Waals surface area contributed by atoms with Crippen LogP contribution in [0, 0.1) is 0 Å². The molecular weight excluding hydrogens is 326 g/mol. The number of aliphatic carboxylic acids is 1. The predicted molar refractivity (Wildman–Crippen MR) is 92.8 cm³/mol. The molecule has 0 saturated heterocycles. The molecule has 0 amide bonds. The molecule has 2 heterocycles. The normalized spacial score (nSPS) is 18.8. The van der Waals surface area contributed by atoms with Gasteiger partial charge >= 0.3 is 5.97 Å². The van der Waals surface area contributed by atoms with Gasteiger partial charge in [0.15, 0.2) is 0 Å². The molecule has 24 heavy (non-hydrogen) atoms. The highest BCUT2D eigenvalue weighted by Gasteiger charge is 2.44. The maximum absolute atomic E-state index is 11.1. The Morgan fingerprint density at radius 2 is 2.04 bits per heavy atom. The minimum Gasteiger partial charge on any atom is -0.480 e. The van der Waals surface area contributed by atoms with Gasteiger partial charge in [0.25, 0.3) is 0 Å². The number of rotatable bonds is 4. The van der Waals surface area contributed by atoms with Crippen molar-refractivity contribution >= 4 is 23.4 Å². The first kappa shape index (κ1) is 15.5. The van der Waals surface area contributed by atoms with Crippen LogP contribution >= 0.6 is 11.6 Å². The molecular formula is C18H20ClN3O2. The lowest BCUT2D eigenvalue weighted by molar-refractivity contribution is -0.135. The molecule has 1 fully saturated rings. The average Bonchev–Trinajstić information content (AvgIpc) is 2.93. The van der Waals surface area contributed by atoms with Crippen molar-refractivity contribution in [3.05, 3.63) is 46.6 Å². The summed E-state index contributed by atoms with van der Waals surface area (Å²) < 4.78 is 1.96. The third-order valence-corrected chi connectivity index (χ3v) is 5.62. The molecule has 1 aromatic heterocycles. The molecule has 6 heteroatoms. The van der Waals surface area contributed by atoms with Gasteiger partial charge in [0.2, 0.25) is 0 Å². The van der Waals surface area contributed by atoms with Gasteiger partial charge in [-0.1, -0.05) is 36.2 Å². The van der Waals surface area contributed by atoms with E-state index in [1.807, 2.05) is 27.8 Å². The summed E-state index contributed by atoms with van der Waals surface area (Å²) in [5.74, 6) is 0.104. The van der Waals surface area contributed by atoms with Crippen LogP contribution in [0.4, 0.5) is 5.82 Å². The van der Waals surface area contributed by atoms with Gasteiger partial charge in [0.1, 0.15) is 12.4 Å². The minimum atomic E-state index is -0.810. The van der Waals surface area contributed by atoms with Gasteiger partial charge in [0, 0.05) is 29.6 Å². The summed E-state index contributed by atoms with van der Waals surface area (Å²) in [7, 11) is 0. The summed E-state index contributed by atoms with van der Waals surface area (Å²) in [5.41, 5.74) is 2.03. The van der Waals surface area contributed by atoms with E-state index in [1.54, 1.807) is 0 Å². The van der Waals surface area contributed by atoms with Gasteiger partial charge in [0.05, 0.1) is 5.69 Å². The molecule has 4 rings (SSSR count). The molecule has 1 aliphatic heterocycles. The van der Waals surface area contributed by atoms with Crippen molar-refractivity contribution in [1.82, 2.24) is 9.78 Å². The number of hydrogen-bond donors (Lipinski definition) is 1. The number of halogens is 1. The zero-order valence-electron chi connectivity index (χ0n) is 13.4. The Hall–Kier alpha value is -2.01. The second kappa shape index (κ2) is 5.81. The predicted octanol–water partition coefficient (Wildman–Crippen LogP) is 3.30. The molecule has 0 radical (unpaired) electrons. The van der Waals surface area contributed by atoms with Crippen LogP contribution in [0.2, 0.25) is 5.02 Å². The first-order valence-electron chi connectivity index (χ1n) is 8.40. The third-order valence-electron chi connectivity index (χ3n) is 5.29. The molecule has 2 aromatic rings. The maximum Gasteiger partial charge on any atom is 0.323 e. The smallest absolute Gasteiger partial charge is 0.323 e. The number of benzene rings is 1. The Kier molecular flexibility index (Phi) is 3.76. The SMILES string of the molecule is O=C(O)CN1CCCn2nc(C3(c4ccccc4Cl)CCC3)cc21. The summed E-state index contributed by atoms with van der Waals surface area (Å²) in [6.07, 6.45) is 4.14. The van der Waals surface area contributed by atoms with Crippen LogP contribution in [0.15, 0.2) is 30.3 Å². The highest BCUT2D eigenvalue weighted by atomic mass is 35.5. The molecule has 1 aliphatic carbocycles. The average molecular weight is 346 g/mol. The molecule has 0 unspecified atom stereocenters. The van der Waals surface area contributed by atoms with Gasteiger partial charge in [-0.05, 0) is 30.9 Å². The summed E-state index contributed by atoms with van der Waals surface area (Å²) in [5, 5.41) is 14.8. The van der Waals surface area contributed by atoms with E-state index in [4.69, 9.17) is 21.8 Å². The van der Waals surface area contributed by atoms with E-state index in [2.05, 4.69) is 12.1 Å². The summed E-state index contributed by atoms with van der Waals surface area (Å²) in [6.45, 7) is 1.62. The molecule has 5 nitrogen and oxygen atoms in total. The molecule has 0 bridgehead atoms. The Labute approximate surface area is 145 Å². The number of carboxylic acids is 1. The molecule has 1 aromatic carbocycles. The molecule has 0 atom stereocenters. The number of aromatic nitrogens is 2. The standard InChI is InChI=1S/C18H20ClN3O2/c19-14-6-2-1-5-13(14)18(7-3-8-18)15-11-16-21(12-17(23)24)9-4-10-22(16)20-15/h1-2,5-6,11H,3-4,7-10,12H2,(H,23,24). The molecule has 1 saturated carbocycles. The lowest BCUT2D eigenvalue weighted by atomic mass is 9.62. The van der Waals surface area contributed by atoms with E-state index in [1.165, 1.54) is 0 Å². The molecule has 1 N–H and O–H groups in total. The largest absolute Gasteiger partial charge is 0.480 e. The van der Waals surface area contributed by atoms with Crippen molar-refractivity contribution in [2.24, 2.45) is 0 Å². The monoisotopic (exact) mass is 345 g/mol. The van der Waals surface area contributed by atoms with E-state index < -0.39 is 5.97 Å². The number of nitrogens with zero attached hydrogens (tertiary/aromatic N) is 3. The van der Waals surface area contributed by atoms with Gasteiger partial charge in [-0.25, -0.2) is 4.68 Å². The third kappa shape index (κ3) is 2.38. The fourth-order valence-corrected chi connectivity index (χ4v) is 4.27. The van der Waals surface area contributed by atoms with Gasteiger partial charge in [-0.3, -0.25) is 4.79 Å². The number of carbonyl (C=O) groups is 1. The second-order valence-corrected chi connectivity index (χ2v) is 7.10. The van der Waals surface area contributed by atoms with Crippen LogP contribution in [-0.4, -0.2) is 33.9 Å². The maximum atomic E-state index is 11.1. The van der Waals surface area contributed by atoms with Crippen molar-refractivity contribution in [3.63, 3.8) is 0 Å². The fourth-order valence-electron chi connectivity index (χ4n) is 3.95. The lowest BCUT2D eigenvalue weighted by Crippen LogP contribution is -2.36. The van der Waals surface area contributed by atoms with E-state index >= 15 is 0 Å². The second-order valence-electron chi connectivity index (χ2n) is 6.70. The first-order valence-corrected chi connectivity index (χ1v) is 8.78. The summed E-state index contributed by atoms with van der Waals surface area (Å²) in [4.78, 5) is 13.0. The van der Waals surface area contributed by atoms with Gasteiger partial charge < -0.3 is 10.0 Å². The Bertz CT molecular complexity index is 782. The van der Waals surface area contributed by atoms with Crippen LogP contribution in [0.5, 0.6) is 0 Å². The van der Waals surface area contributed by atoms with E-state index in [9.17, 15) is 4.79 Å². The van der Waals surface area contributed by atoms with Crippen LogP contribution in [0.1, 0.15) is 36.9 Å². The molecule has 0 spiro atoms. The van der Waals surface area contributed by atoms with Crippen LogP contribution in [0.25, 0.3) is 0 Å². The van der Waals surface area contributed by atoms with Crippen molar-refractivity contribution in [2.45, 2.75) is 37.6 Å². The van der Waals surface area contributed by atoms with Crippen molar-refractivity contribution in [3.8, 4) is 0 Å². The molecule has 2 aliphatic rings. The van der Waals surface area contributed by atoms with Crippen LogP contribution < -0.4 is 4.90 Å². The number of fused-ring (bicyclic) bond motifs is 1. The number of hydrogen-bond acceptors (Lipinski definition) is 3. The lowest BCUT2D eigenvalue weighted by Gasteiger charge is -2.41. The number of carboxylic acid groups (broad SMARTS) is 1. The Morgan fingerprint density at radius 1 is 1.25 bits per heavy atom. The molecule has 126 valence electrons. The van der Waals surface area contributed by atoms with Crippen LogP contribution in [-0.2, 0) is 16.8 Å².